The summed E-state index contributed by atoms with van der Waals surface area (Å²) in [6.07, 6.45) is 0.640. The Hall–Kier alpha value is -1.65. The molecule has 0 N–H and O–H groups in total. The highest BCUT2D eigenvalue weighted by atomic mass is 16.5. The number of aromatic nitrogens is 2. The summed E-state index contributed by atoms with van der Waals surface area (Å²) >= 11 is 0. The van der Waals surface area contributed by atoms with Crippen LogP contribution < -0.4 is 4.74 Å². The van der Waals surface area contributed by atoms with Crippen LogP contribution in [0.5, 0.6) is 5.88 Å². The number of hydrogen-bond acceptors (Lipinski definition) is 5. The van der Waals surface area contributed by atoms with Crippen molar-refractivity contribution in [3.05, 3.63) is 17.6 Å². The molecule has 0 fully saturated rings. The molecule has 0 saturated heterocycles. The van der Waals surface area contributed by atoms with Gasteiger partial charge in [-0.05, 0) is 0 Å². The number of ether oxygens (including phenoxy) is 2. The highest BCUT2D eigenvalue weighted by Crippen LogP contribution is 2.09. The van der Waals surface area contributed by atoms with E-state index in [1.165, 1.54) is 20.3 Å². The first-order valence-electron chi connectivity index (χ1n) is 4.21. The molecule has 1 aromatic heterocycles. The van der Waals surface area contributed by atoms with E-state index >= 15 is 0 Å². The maximum absolute atomic E-state index is 11.2. The van der Waals surface area contributed by atoms with Crippen LogP contribution >= 0.6 is 0 Å². The van der Waals surface area contributed by atoms with Crippen molar-refractivity contribution >= 4 is 5.97 Å². The van der Waals surface area contributed by atoms with Crippen LogP contribution in [-0.2, 0) is 11.2 Å². The fraction of sp³-hybridized carbons (Fsp3) is 0.444. The fourth-order valence-corrected chi connectivity index (χ4v) is 0.945. The lowest BCUT2D eigenvalue weighted by molar-refractivity contribution is 0.0593. The van der Waals surface area contributed by atoms with E-state index in [1.54, 1.807) is 0 Å². The van der Waals surface area contributed by atoms with Gasteiger partial charge in [-0.15, -0.1) is 0 Å². The van der Waals surface area contributed by atoms with Gasteiger partial charge in [-0.1, -0.05) is 6.92 Å². The minimum Gasteiger partial charge on any atom is -0.481 e. The highest BCUT2D eigenvalue weighted by Gasteiger charge is 2.11. The average molecular weight is 196 g/mol. The van der Waals surface area contributed by atoms with Gasteiger partial charge < -0.3 is 9.47 Å². The van der Waals surface area contributed by atoms with Gasteiger partial charge in [0.05, 0.1) is 14.2 Å². The summed E-state index contributed by atoms with van der Waals surface area (Å²) in [5, 5.41) is 0. The monoisotopic (exact) mass is 196 g/mol. The molecule has 5 heteroatoms. The normalized spacial score (nSPS) is 9.64. The lowest BCUT2D eigenvalue weighted by atomic mass is 10.3. The second kappa shape index (κ2) is 4.55. The Labute approximate surface area is 82.1 Å². The second-order valence-corrected chi connectivity index (χ2v) is 2.56. The summed E-state index contributed by atoms with van der Waals surface area (Å²) in [5.41, 5.74) is 0.219. The van der Waals surface area contributed by atoms with Crippen molar-refractivity contribution in [1.29, 1.82) is 0 Å². The van der Waals surface area contributed by atoms with E-state index in [2.05, 4.69) is 14.7 Å². The molecule has 1 aromatic rings. The molecular weight excluding hydrogens is 184 g/mol. The van der Waals surface area contributed by atoms with Gasteiger partial charge >= 0.3 is 5.97 Å². The minimum atomic E-state index is -0.486. The summed E-state index contributed by atoms with van der Waals surface area (Å²) in [6, 6.07) is 1.45. The molecule has 0 bridgehead atoms. The minimum absolute atomic E-state index is 0.219. The van der Waals surface area contributed by atoms with Gasteiger partial charge in [0.15, 0.2) is 5.69 Å². The summed E-state index contributed by atoms with van der Waals surface area (Å²) in [6.45, 7) is 1.90. The van der Waals surface area contributed by atoms with E-state index in [0.717, 1.165) is 0 Å². The van der Waals surface area contributed by atoms with Crippen LogP contribution in [0.25, 0.3) is 0 Å². The lowest BCUT2D eigenvalue weighted by Crippen LogP contribution is -2.08. The molecule has 76 valence electrons. The molecule has 0 aliphatic rings. The Morgan fingerprint density at radius 2 is 2.14 bits per heavy atom. The van der Waals surface area contributed by atoms with E-state index in [4.69, 9.17) is 4.74 Å². The molecule has 0 aliphatic heterocycles. The van der Waals surface area contributed by atoms with E-state index < -0.39 is 5.97 Å². The highest BCUT2D eigenvalue weighted by molar-refractivity contribution is 5.87. The molecule has 0 radical (unpaired) electrons. The van der Waals surface area contributed by atoms with E-state index in [1.807, 2.05) is 6.92 Å². The molecule has 0 atom stereocenters. The zero-order valence-corrected chi connectivity index (χ0v) is 8.40. The second-order valence-electron chi connectivity index (χ2n) is 2.56. The number of hydrogen-bond donors (Lipinski definition) is 0. The van der Waals surface area contributed by atoms with Crippen LogP contribution in [0.1, 0.15) is 23.2 Å². The topological polar surface area (TPSA) is 61.3 Å². The van der Waals surface area contributed by atoms with Gasteiger partial charge in [0.1, 0.15) is 5.82 Å². The Morgan fingerprint density at radius 3 is 2.64 bits per heavy atom. The van der Waals surface area contributed by atoms with Crippen LogP contribution in [-0.4, -0.2) is 30.2 Å². The summed E-state index contributed by atoms with van der Waals surface area (Å²) in [7, 11) is 2.80. The Morgan fingerprint density at radius 1 is 1.43 bits per heavy atom. The van der Waals surface area contributed by atoms with E-state index in [9.17, 15) is 4.79 Å². The maximum Gasteiger partial charge on any atom is 0.356 e. The van der Waals surface area contributed by atoms with Crippen molar-refractivity contribution in [2.75, 3.05) is 14.2 Å². The number of carbonyl (C=O) groups is 1. The third kappa shape index (κ3) is 2.18. The zero-order chi connectivity index (χ0) is 10.6. The van der Waals surface area contributed by atoms with Gasteiger partial charge in [-0.25, -0.2) is 9.78 Å². The molecule has 1 rings (SSSR count). The van der Waals surface area contributed by atoms with Gasteiger partial charge in [0.25, 0.3) is 0 Å². The molecular formula is C9H12N2O3. The third-order valence-corrected chi connectivity index (χ3v) is 1.67. The van der Waals surface area contributed by atoms with Crippen molar-refractivity contribution in [1.82, 2.24) is 9.97 Å². The molecule has 0 aromatic carbocycles. The first-order chi connectivity index (χ1) is 6.71. The number of aryl methyl sites for hydroxylation is 1. The number of carbonyl (C=O) groups excluding carboxylic acids is 1. The van der Waals surface area contributed by atoms with Crippen molar-refractivity contribution in [3.8, 4) is 5.88 Å². The van der Waals surface area contributed by atoms with Crippen LogP contribution in [0.15, 0.2) is 6.07 Å². The molecule has 0 spiro atoms. The lowest BCUT2D eigenvalue weighted by Gasteiger charge is -2.04. The van der Waals surface area contributed by atoms with E-state index in [-0.39, 0.29) is 5.69 Å². The smallest absolute Gasteiger partial charge is 0.356 e. The summed E-state index contributed by atoms with van der Waals surface area (Å²) in [4.78, 5) is 19.2. The number of rotatable bonds is 3. The first kappa shape index (κ1) is 10.4. The van der Waals surface area contributed by atoms with Crippen molar-refractivity contribution in [3.63, 3.8) is 0 Å². The van der Waals surface area contributed by atoms with Gasteiger partial charge in [-0.3, -0.25) is 0 Å². The van der Waals surface area contributed by atoms with Gasteiger partial charge in [0.2, 0.25) is 5.88 Å². The standard InChI is InChI=1S/C9H12N2O3/c1-4-7-10-6(9(12)14-3)5-8(11-7)13-2/h5H,4H2,1-3H3. The summed E-state index contributed by atoms with van der Waals surface area (Å²) < 4.78 is 9.48. The molecule has 0 aliphatic carbocycles. The summed E-state index contributed by atoms with van der Waals surface area (Å²) in [5.74, 6) is 0.447. The molecule has 0 unspecified atom stereocenters. The van der Waals surface area contributed by atoms with Gasteiger partial charge in [-0.2, -0.15) is 4.98 Å². The van der Waals surface area contributed by atoms with Crippen LogP contribution in [0.4, 0.5) is 0 Å². The Kier molecular flexibility index (Phi) is 3.39. The van der Waals surface area contributed by atoms with Crippen LogP contribution in [0.3, 0.4) is 0 Å². The van der Waals surface area contributed by atoms with Crippen molar-refractivity contribution in [2.24, 2.45) is 0 Å². The Balaban J connectivity index is 3.10. The molecule has 0 saturated carbocycles. The fourth-order valence-electron chi connectivity index (χ4n) is 0.945. The molecule has 1 heterocycles. The average Bonchev–Trinajstić information content (AvgIpc) is 2.27. The molecule has 14 heavy (non-hydrogen) atoms. The zero-order valence-electron chi connectivity index (χ0n) is 8.40. The quantitative estimate of drug-likeness (QED) is 0.670. The maximum atomic E-state index is 11.2. The van der Waals surface area contributed by atoms with Crippen molar-refractivity contribution < 1.29 is 14.3 Å². The third-order valence-electron chi connectivity index (χ3n) is 1.67. The van der Waals surface area contributed by atoms with Crippen LogP contribution in [0, 0.1) is 0 Å². The van der Waals surface area contributed by atoms with Gasteiger partial charge in [0, 0.05) is 12.5 Å². The molecule has 5 nitrogen and oxygen atoms in total. The number of esters is 1. The number of nitrogens with zero attached hydrogens (tertiary/aromatic N) is 2. The van der Waals surface area contributed by atoms with Crippen molar-refractivity contribution in [2.45, 2.75) is 13.3 Å². The SMILES string of the molecule is CCc1nc(OC)cc(C(=O)OC)n1. The first-order valence-corrected chi connectivity index (χ1v) is 4.21. The Bertz CT molecular complexity index is 317. The predicted molar refractivity (Wildman–Crippen MR) is 49.3 cm³/mol. The number of methoxy groups -OCH3 is 2. The molecule has 0 amide bonds. The van der Waals surface area contributed by atoms with Crippen LogP contribution in [0.2, 0.25) is 0 Å². The van der Waals surface area contributed by atoms with E-state index in [0.29, 0.717) is 18.1 Å². The largest absolute Gasteiger partial charge is 0.481 e. The predicted octanol–water partition coefficient (Wildman–Crippen LogP) is 0.834.